The minimum atomic E-state index is 0.0595. The molecule has 1 aliphatic heterocycles. The van der Waals surface area contributed by atoms with E-state index in [0.29, 0.717) is 13.2 Å². The molecule has 1 atom stereocenters. The summed E-state index contributed by atoms with van der Waals surface area (Å²) in [7, 11) is 0. The smallest absolute Gasteiger partial charge is 0.337 e. The Bertz CT molecular complexity index is 95.7. The van der Waals surface area contributed by atoms with E-state index in [1.165, 1.54) is 0 Å². The van der Waals surface area contributed by atoms with Gasteiger partial charge in [0.1, 0.15) is 6.61 Å². The molecule has 1 fully saturated rings. The van der Waals surface area contributed by atoms with Gasteiger partial charge in [0.15, 0.2) is 6.61 Å². The Morgan fingerprint density at radius 1 is 1.40 bits per heavy atom. The molecule has 0 radical (unpaired) electrons. The number of hydrogen-bond acceptors (Lipinski definition) is 3. The van der Waals surface area contributed by atoms with E-state index in [1.807, 2.05) is 0 Å². The Hall–Kier alpha value is -0.160. The lowest BCUT2D eigenvalue weighted by atomic mass is 10.7. The molecular formula is C6H13O4+. The average molecular weight is 149 g/mol. The molecule has 4 heteroatoms. The summed E-state index contributed by atoms with van der Waals surface area (Å²) in [6.45, 7) is 1.98. The maximum atomic E-state index is 8.45. The number of aliphatic hydroxyl groups is 2. The lowest BCUT2D eigenvalue weighted by Gasteiger charge is -1.95. The third kappa shape index (κ3) is 2.22. The summed E-state index contributed by atoms with van der Waals surface area (Å²) in [6, 6.07) is 0. The van der Waals surface area contributed by atoms with Crippen LogP contribution in [0.2, 0.25) is 0 Å². The van der Waals surface area contributed by atoms with Crippen molar-refractivity contribution in [3.8, 4) is 0 Å². The summed E-state index contributed by atoms with van der Waals surface area (Å²) in [5.41, 5.74) is 0. The van der Waals surface area contributed by atoms with Crippen LogP contribution in [0.1, 0.15) is 0 Å². The maximum Gasteiger partial charge on any atom is 0.337 e. The molecule has 1 heterocycles. The Kier molecular flexibility index (Phi) is 3.08. The van der Waals surface area contributed by atoms with Crippen molar-refractivity contribution in [2.45, 2.75) is 6.29 Å². The molecule has 0 aromatic carbocycles. The molecule has 1 rings (SSSR count). The van der Waals surface area contributed by atoms with E-state index in [0.717, 1.165) is 6.61 Å². The van der Waals surface area contributed by atoms with Gasteiger partial charge in [0.25, 0.3) is 0 Å². The van der Waals surface area contributed by atoms with E-state index in [9.17, 15) is 0 Å². The zero-order chi connectivity index (χ0) is 7.40. The molecule has 0 aliphatic carbocycles. The van der Waals surface area contributed by atoms with Crippen molar-refractivity contribution < 1.29 is 19.3 Å². The SMILES string of the molecule is OCCOC1C[O+]1CCO. The fraction of sp³-hybridized carbons (Fsp3) is 1.00. The van der Waals surface area contributed by atoms with Crippen molar-refractivity contribution in [3.63, 3.8) is 0 Å². The molecule has 10 heavy (non-hydrogen) atoms. The van der Waals surface area contributed by atoms with Gasteiger partial charge >= 0.3 is 6.29 Å². The molecule has 0 spiro atoms. The first-order valence-electron chi connectivity index (χ1n) is 3.38. The van der Waals surface area contributed by atoms with E-state index in [-0.39, 0.29) is 19.5 Å². The topological polar surface area (TPSA) is 52.4 Å². The molecule has 2 N–H and O–H groups in total. The van der Waals surface area contributed by atoms with Gasteiger partial charge in [-0.05, 0) is 0 Å². The fourth-order valence-corrected chi connectivity index (χ4v) is 0.796. The van der Waals surface area contributed by atoms with Gasteiger partial charge in [0, 0.05) is 0 Å². The first-order chi connectivity index (χ1) is 4.88. The molecule has 0 bridgehead atoms. The van der Waals surface area contributed by atoms with Crippen molar-refractivity contribution in [1.29, 1.82) is 0 Å². The number of epoxide rings is 1. The molecule has 0 aromatic heterocycles. The second kappa shape index (κ2) is 3.88. The Labute approximate surface area is 59.7 Å². The zero-order valence-corrected chi connectivity index (χ0v) is 5.82. The van der Waals surface area contributed by atoms with Gasteiger partial charge in [-0.15, -0.1) is 0 Å². The van der Waals surface area contributed by atoms with Gasteiger partial charge in [-0.25, -0.2) is 0 Å². The third-order valence-corrected chi connectivity index (χ3v) is 1.35. The highest BCUT2D eigenvalue weighted by atomic mass is 16.9. The Morgan fingerprint density at radius 2 is 2.20 bits per heavy atom. The fourth-order valence-electron chi connectivity index (χ4n) is 0.796. The number of ether oxygens (including phenoxy) is 1. The van der Waals surface area contributed by atoms with Gasteiger partial charge in [-0.1, -0.05) is 0 Å². The first kappa shape index (κ1) is 7.94. The molecular weight excluding hydrogens is 136 g/mol. The molecule has 4 nitrogen and oxygen atoms in total. The van der Waals surface area contributed by atoms with Gasteiger partial charge < -0.3 is 19.3 Å². The minimum Gasteiger partial charge on any atom is -0.394 e. The lowest BCUT2D eigenvalue weighted by molar-refractivity contribution is -0.0878. The van der Waals surface area contributed by atoms with Crippen LogP contribution in [0.3, 0.4) is 0 Å². The maximum absolute atomic E-state index is 8.45. The molecule has 0 saturated carbocycles. The van der Waals surface area contributed by atoms with Crippen LogP contribution in [0.15, 0.2) is 0 Å². The number of rotatable bonds is 5. The van der Waals surface area contributed by atoms with Crippen LogP contribution >= 0.6 is 0 Å². The normalized spacial score (nSPS) is 25.2. The average Bonchev–Trinajstić information content (AvgIpc) is 2.65. The summed E-state index contributed by atoms with van der Waals surface area (Å²) in [6.07, 6.45) is 0.0688. The van der Waals surface area contributed by atoms with Crippen molar-refractivity contribution >= 4 is 0 Å². The van der Waals surface area contributed by atoms with E-state index in [2.05, 4.69) is 4.37 Å². The lowest BCUT2D eigenvalue weighted by Crippen LogP contribution is -2.06. The monoisotopic (exact) mass is 149 g/mol. The highest BCUT2D eigenvalue weighted by Crippen LogP contribution is 2.23. The zero-order valence-electron chi connectivity index (χ0n) is 5.82. The van der Waals surface area contributed by atoms with Gasteiger partial charge in [-0.2, -0.15) is 0 Å². The van der Waals surface area contributed by atoms with Crippen LogP contribution in [-0.2, 0) is 9.10 Å². The van der Waals surface area contributed by atoms with Crippen molar-refractivity contribution in [2.75, 3.05) is 33.0 Å². The Balaban J connectivity index is 1.92. The third-order valence-electron chi connectivity index (χ3n) is 1.35. The predicted octanol–water partition coefficient (Wildman–Crippen LogP) is -1.12. The molecule has 1 saturated heterocycles. The highest BCUT2D eigenvalue weighted by Gasteiger charge is 2.44. The molecule has 60 valence electrons. The number of aliphatic hydroxyl groups excluding tert-OH is 2. The van der Waals surface area contributed by atoms with Crippen molar-refractivity contribution in [2.24, 2.45) is 0 Å². The van der Waals surface area contributed by atoms with Crippen molar-refractivity contribution in [3.05, 3.63) is 0 Å². The van der Waals surface area contributed by atoms with Gasteiger partial charge in [-0.3, -0.25) is 0 Å². The van der Waals surface area contributed by atoms with Crippen molar-refractivity contribution in [1.82, 2.24) is 0 Å². The largest absolute Gasteiger partial charge is 0.394 e. The summed E-state index contributed by atoms with van der Waals surface area (Å²) in [4.78, 5) is 0. The minimum absolute atomic E-state index is 0.0595. The molecule has 0 aromatic rings. The molecule has 0 amide bonds. The van der Waals surface area contributed by atoms with E-state index in [4.69, 9.17) is 14.9 Å². The van der Waals surface area contributed by atoms with Crippen LogP contribution in [0.25, 0.3) is 0 Å². The second-order valence-corrected chi connectivity index (χ2v) is 2.16. The van der Waals surface area contributed by atoms with Crippen LogP contribution in [0.5, 0.6) is 0 Å². The van der Waals surface area contributed by atoms with Crippen LogP contribution in [0.4, 0.5) is 0 Å². The van der Waals surface area contributed by atoms with Crippen LogP contribution < -0.4 is 0 Å². The van der Waals surface area contributed by atoms with E-state index in [1.54, 1.807) is 0 Å². The highest BCUT2D eigenvalue weighted by molar-refractivity contribution is 4.65. The van der Waals surface area contributed by atoms with Crippen LogP contribution in [-0.4, -0.2) is 49.5 Å². The molecule has 1 unspecified atom stereocenters. The van der Waals surface area contributed by atoms with Gasteiger partial charge in [0.05, 0.1) is 13.2 Å². The molecule has 1 aliphatic rings. The summed E-state index contributed by atoms with van der Waals surface area (Å²) < 4.78 is 7.81. The Morgan fingerprint density at radius 3 is 2.80 bits per heavy atom. The second-order valence-electron chi connectivity index (χ2n) is 2.16. The first-order valence-corrected chi connectivity index (χ1v) is 3.38. The van der Waals surface area contributed by atoms with E-state index < -0.39 is 0 Å². The summed E-state index contributed by atoms with van der Waals surface area (Å²) in [5, 5.41) is 16.8. The summed E-state index contributed by atoms with van der Waals surface area (Å²) in [5.74, 6) is 0. The van der Waals surface area contributed by atoms with Crippen LogP contribution in [0, 0.1) is 0 Å². The predicted molar refractivity (Wildman–Crippen MR) is 34.7 cm³/mol. The number of hydrogen-bond donors (Lipinski definition) is 2. The standard InChI is InChI=1S/C6H13O4/c7-1-3-9-6-5-10(6)4-2-8/h6-8H,1-5H2/q+1. The quantitative estimate of drug-likeness (QED) is 0.384. The summed E-state index contributed by atoms with van der Waals surface area (Å²) >= 11 is 0. The van der Waals surface area contributed by atoms with E-state index >= 15 is 0 Å². The van der Waals surface area contributed by atoms with Gasteiger partial charge in [0.2, 0.25) is 6.61 Å².